The van der Waals surface area contributed by atoms with Gasteiger partial charge in [0.2, 0.25) is 5.75 Å². The van der Waals surface area contributed by atoms with E-state index in [1.165, 1.54) is 12.0 Å². The minimum absolute atomic E-state index is 0.0469. The van der Waals surface area contributed by atoms with Crippen LogP contribution in [0.4, 0.5) is 5.69 Å². The number of carbonyl (C=O) groups is 3. The van der Waals surface area contributed by atoms with Crippen LogP contribution in [0.15, 0.2) is 47.7 Å². The molecule has 2 aromatic rings. The number of ether oxygens (including phenoxy) is 4. The summed E-state index contributed by atoms with van der Waals surface area (Å²) in [6.07, 6.45) is 1.43. The largest absolute Gasteiger partial charge is 0.503 e. The van der Waals surface area contributed by atoms with Crippen molar-refractivity contribution >= 4 is 23.3 Å². The number of hydrogen-bond donors (Lipinski definition) is 1. The molecule has 0 spiro atoms. The van der Waals surface area contributed by atoms with Gasteiger partial charge < -0.3 is 24.1 Å². The van der Waals surface area contributed by atoms with Crippen molar-refractivity contribution in [1.82, 2.24) is 0 Å². The van der Waals surface area contributed by atoms with E-state index in [0.717, 1.165) is 12.8 Å². The highest BCUT2D eigenvalue weighted by molar-refractivity contribution is 6.17. The summed E-state index contributed by atoms with van der Waals surface area (Å²) in [5.74, 6) is -0.946. The molecule has 2 aromatic carbocycles. The van der Waals surface area contributed by atoms with E-state index in [4.69, 9.17) is 18.9 Å². The van der Waals surface area contributed by atoms with Gasteiger partial charge in [0.25, 0.3) is 5.91 Å². The molecular weight excluding hydrogens is 454 g/mol. The van der Waals surface area contributed by atoms with E-state index in [1.807, 2.05) is 0 Å². The third-order valence-electron chi connectivity index (χ3n) is 6.24. The molecule has 1 atom stereocenters. The molecule has 1 saturated carbocycles. The second-order valence-electron chi connectivity index (χ2n) is 8.49. The molecule has 1 aliphatic carbocycles. The monoisotopic (exact) mass is 479 g/mol. The molecule has 9 heteroatoms. The maximum atomic E-state index is 13.3. The van der Waals surface area contributed by atoms with E-state index in [2.05, 4.69) is 0 Å². The van der Waals surface area contributed by atoms with Crippen molar-refractivity contribution < 1.29 is 38.4 Å². The zero-order chi connectivity index (χ0) is 24.7. The Morgan fingerprint density at radius 2 is 1.83 bits per heavy atom. The van der Waals surface area contributed by atoms with Gasteiger partial charge in [-0.3, -0.25) is 14.5 Å². The van der Waals surface area contributed by atoms with Crippen molar-refractivity contribution in [1.29, 1.82) is 0 Å². The van der Waals surface area contributed by atoms with Crippen LogP contribution in [0.5, 0.6) is 17.2 Å². The fourth-order valence-electron chi connectivity index (χ4n) is 4.43. The number of nitrogens with zero attached hydrogens (tertiary/aromatic N) is 1. The highest BCUT2D eigenvalue weighted by Gasteiger charge is 2.48. The van der Waals surface area contributed by atoms with Gasteiger partial charge >= 0.3 is 5.97 Å². The van der Waals surface area contributed by atoms with Crippen LogP contribution in [0.2, 0.25) is 0 Å². The lowest BCUT2D eigenvalue weighted by atomic mass is 9.93. The van der Waals surface area contributed by atoms with Crippen molar-refractivity contribution in [3.63, 3.8) is 0 Å². The van der Waals surface area contributed by atoms with Crippen molar-refractivity contribution in [2.75, 3.05) is 31.8 Å². The Morgan fingerprint density at radius 1 is 1.11 bits per heavy atom. The molecule has 182 valence electrons. The predicted molar refractivity (Wildman–Crippen MR) is 124 cm³/mol. The number of carbonyl (C=O) groups excluding carboxylic acids is 3. The SMILES string of the molecule is CCOC(=O)c1ccc(N2C(=O)C(O)=C(C(=O)C3CC3)[C@H]2c2cc(OC)c3c(c2)OCCO3)cc1. The summed E-state index contributed by atoms with van der Waals surface area (Å²) in [5, 5.41) is 10.9. The highest BCUT2D eigenvalue weighted by Crippen LogP contribution is 2.49. The van der Waals surface area contributed by atoms with Gasteiger partial charge in [0, 0.05) is 11.6 Å². The Labute approximate surface area is 201 Å². The van der Waals surface area contributed by atoms with Crippen LogP contribution < -0.4 is 19.1 Å². The van der Waals surface area contributed by atoms with Crippen molar-refractivity contribution in [3.05, 3.63) is 58.9 Å². The molecule has 0 unspecified atom stereocenters. The van der Waals surface area contributed by atoms with Crippen LogP contribution in [-0.4, -0.2) is 49.7 Å². The molecule has 1 N–H and O–H groups in total. The van der Waals surface area contributed by atoms with Gasteiger partial charge in [0.15, 0.2) is 23.0 Å². The lowest BCUT2D eigenvalue weighted by molar-refractivity contribution is -0.118. The molecule has 0 bridgehead atoms. The summed E-state index contributed by atoms with van der Waals surface area (Å²) in [6.45, 7) is 2.67. The molecule has 2 aliphatic heterocycles. The number of hydrogen-bond acceptors (Lipinski definition) is 8. The van der Waals surface area contributed by atoms with Gasteiger partial charge in [0.05, 0.1) is 30.9 Å². The lowest BCUT2D eigenvalue weighted by Crippen LogP contribution is -2.31. The average Bonchev–Trinajstić information content (AvgIpc) is 3.69. The molecule has 0 saturated heterocycles. The Morgan fingerprint density at radius 3 is 2.49 bits per heavy atom. The molecule has 9 nitrogen and oxygen atoms in total. The summed E-state index contributed by atoms with van der Waals surface area (Å²) in [6, 6.07) is 8.74. The second kappa shape index (κ2) is 8.98. The van der Waals surface area contributed by atoms with Gasteiger partial charge in [-0.25, -0.2) is 4.79 Å². The van der Waals surface area contributed by atoms with E-state index < -0.39 is 23.7 Å². The zero-order valence-electron chi connectivity index (χ0n) is 19.4. The normalized spacial score (nSPS) is 19.1. The minimum atomic E-state index is -0.909. The number of benzene rings is 2. The molecule has 1 amide bonds. The Kier molecular flexibility index (Phi) is 5.84. The van der Waals surface area contributed by atoms with Gasteiger partial charge in [-0.05, 0) is 61.7 Å². The van der Waals surface area contributed by atoms with E-state index in [0.29, 0.717) is 47.3 Å². The van der Waals surface area contributed by atoms with Crippen LogP contribution in [0, 0.1) is 5.92 Å². The summed E-state index contributed by atoms with van der Waals surface area (Å²) in [7, 11) is 1.49. The van der Waals surface area contributed by atoms with E-state index >= 15 is 0 Å². The topological polar surface area (TPSA) is 112 Å². The molecular formula is C26H25NO8. The fraction of sp³-hybridized carbons (Fsp3) is 0.346. The number of aliphatic hydroxyl groups is 1. The quantitative estimate of drug-likeness (QED) is 0.601. The summed E-state index contributed by atoms with van der Waals surface area (Å²) < 4.78 is 22.0. The minimum Gasteiger partial charge on any atom is -0.503 e. The third kappa shape index (κ3) is 3.96. The van der Waals surface area contributed by atoms with Crippen LogP contribution in [0.25, 0.3) is 0 Å². The number of aliphatic hydroxyl groups excluding tert-OH is 1. The first-order valence-corrected chi connectivity index (χ1v) is 11.5. The van der Waals surface area contributed by atoms with Crippen molar-refractivity contribution in [2.24, 2.45) is 5.92 Å². The maximum Gasteiger partial charge on any atom is 0.338 e. The molecule has 5 rings (SSSR count). The number of Topliss-reactive ketones (excluding diaryl/α,β-unsaturated/α-hetero) is 1. The van der Waals surface area contributed by atoms with E-state index in [9.17, 15) is 19.5 Å². The van der Waals surface area contributed by atoms with Crippen molar-refractivity contribution in [3.8, 4) is 17.2 Å². The van der Waals surface area contributed by atoms with Crippen LogP contribution in [0.1, 0.15) is 41.7 Å². The highest BCUT2D eigenvalue weighted by atomic mass is 16.6. The maximum absolute atomic E-state index is 13.3. The van der Waals surface area contributed by atoms with Gasteiger partial charge in [-0.1, -0.05) is 0 Å². The van der Waals surface area contributed by atoms with Crippen LogP contribution in [0.3, 0.4) is 0 Å². The van der Waals surface area contributed by atoms with Crippen LogP contribution >= 0.6 is 0 Å². The summed E-state index contributed by atoms with van der Waals surface area (Å²) >= 11 is 0. The number of methoxy groups -OCH3 is 1. The molecule has 2 heterocycles. The second-order valence-corrected chi connectivity index (χ2v) is 8.49. The molecule has 0 aromatic heterocycles. The average molecular weight is 479 g/mol. The number of fused-ring (bicyclic) bond motifs is 1. The van der Waals surface area contributed by atoms with E-state index in [1.54, 1.807) is 43.3 Å². The van der Waals surface area contributed by atoms with E-state index in [-0.39, 0.29) is 23.9 Å². The third-order valence-corrected chi connectivity index (χ3v) is 6.24. The number of rotatable bonds is 7. The van der Waals surface area contributed by atoms with Gasteiger partial charge in [-0.15, -0.1) is 0 Å². The number of amides is 1. The zero-order valence-corrected chi connectivity index (χ0v) is 19.4. The molecule has 35 heavy (non-hydrogen) atoms. The van der Waals surface area contributed by atoms with Gasteiger partial charge in [0.1, 0.15) is 13.2 Å². The summed E-state index contributed by atoms with van der Waals surface area (Å²) in [5.41, 5.74) is 1.31. The molecule has 1 fully saturated rings. The number of esters is 1. The Hall–Kier alpha value is -4.01. The number of ketones is 1. The lowest BCUT2D eigenvalue weighted by Gasteiger charge is -2.29. The predicted octanol–water partition coefficient (Wildman–Crippen LogP) is 3.52. The molecule has 0 radical (unpaired) electrons. The number of anilines is 1. The van der Waals surface area contributed by atoms with Crippen molar-refractivity contribution in [2.45, 2.75) is 25.8 Å². The summed E-state index contributed by atoms with van der Waals surface area (Å²) in [4.78, 5) is 40.0. The molecule has 3 aliphatic rings. The Balaban J connectivity index is 1.61. The van der Waals surface area contributed by atoms with Gasteiger partial charge in [-0.2, -0.15) is 0 Å². The first-order valence-electron chi connectivity index (χ1n) is 11.5. The standard InChI is InChI=1S/C26H25NO8/c1-3-33-26(31)15-6-8-17(9-7-15)27-21(20(23(29)25(27)30)22(28)14-4-5-14)16-12-18(32-2)24-19(13-16)34-10-11-35-24/h6-9,12-14,21,29H,3-5,10-11H2,1-2H3/t21-/m1/s1. The first-order chi connectivity index (χ1) is 16.9. The first kappa shape index (κ1) is 22.8. The smallest absolute Gasteiger partial charge is 0.338 e. The fourth-order valence-corrected chi connectivity index (χ4v) is 4.43. The van der Waals surface area contributed by atoms with Crippen LogP contribution in [-0.2, 0) is 14.3 Å². The Bertz CT molecular complexity index is 1210.